The molecule has 0 spiro atoms. The summed E-state index contributed by atoms with van der Waals surface area (Å²) in [5.41, 5.74) is 0.0198. The Hall–Kier alpha value is -2.68. The Bertz CT molecular complexity index is 1210. The molecule has 4 rings (SSSR count). The van der Waals surface area contributed by atoms with E-state index in [0.717, 1.165) is 25.9 Å². The molecule has 1 aromatic heterocycles. The summed E-state index contributed by atoms with van der Waals surface area (Å²) in [6, 6.07) is 13.8. The molecule has 7 nitrogen and oxygen atoms in total. The maximum Gasteiger partial charge on any atom is 0.291 e. The molecule has 2 fully saturated rings. The topological polar surface area (TPSA) is 91.0 Å². The summed E-state index contributed by atoms with van der Waals surface area (Å²) in [4.78, 5) is 32.4. The Kier molecular flexibility index (Phi) is 8.17. The third-order valence-electron chi connectivity index (χ3n) is 6.75. The number of nitrogens with one attached hydrogen (secondary N) is 1. The molecule has 1 saturated heterocycles. The number of rotatable bonds is 11. The molecular formula is C26H30F2IN5O2. The number of aryl methyl sites for hydroxylation is 1. The SMILES string of the molecule is C=IC(F)(F)CCCc1nc(N2CCC(Cc3ccccc3)C2)cc(=O)n1CC(=O)NC1(C#N)CC1. The molecule has 1 unspecified atom stereocenters. The minimum Gasteiger partial charge on any atom is -0.356 e. The third kappa shape index (κ3) is 6.75. The maximum absolute atomic E-state index is 13.8. The summed E-state index contributed by atoms with van der Waals surface area (Å²) in [6.45, 7) is 1.21. The smallest absolute Gasteiger partial charge is 0.291 e. The van der Waals surface area contributed by atoms with Gasteiger partial charge in [-0.2, -0.15) is 14.0 Å². The van der Waals surface area contributed by atoms with E-state index in [4.69, 9.17) is 0 Å². The number of benzene rings is 1. The summed E-state index contributed by atoms with van der Waals surface area (Å²) < 4.78 is 29.5. The molecule has 2 aliphatic rings. The van der Waals surface area contributed by atoms with E-state index in [2.05, 4.69) is 37.9 Å². The maximum atomic E-state index is 13.8. The number of anilines is 1. The van der Waals surface area contributed by atoms with E-state index in [1.165, 1.54) is 16.2 Å². The molecule has 2 aromatic rings. The highest BCUT2D eigenvalue weighted by molar-refractivity contribution is 14.2. The molecule has 36 heavy (non-hydrogen) atoms. The van der Waals surface area contributed by atoms with Crippen LogP contribution >= 0.6 is 20.7 Å². The average Bonchev–Trinajstić information content (AvgIpc) is 3.48. The van der Waals surface area contributed by atoms with Crippen molar-refractivity contribution in [2.45, 2.75) is 61.0 Å². The number of hydrogen-bond acceptors (Lipinski definition) is 5. The van der Waals surface area contributed by atoms with Crippen molar-refractivity contribution in [2.24, 2.45) is 5.92 Å². The van der Waals surface area contributed by atoms with E-state index in [9.17, 15) is 23.6 Å². The Morgan fingerprint density at radius 2 is 2.08 bits per heavy atom. The molecular weight excluding hydrogens is 579 g/mol. The monoisotopic (exact) mass is 609 g/mol. The molecule has 1 atom stereocenters. The average molecular weight is 609 g/mol. The largest absolute Gasteiger partial charge is 0.356 e. The number of nitrogens with zero attached hydrogens (tertiary/aromatic N) is 4. The Morgan fingerprint density at radius 3 is 2.75 bits per heavy atom. The lowest BCUT2D eigenvalue weighted by Gasteiger charge is -2.21. The number of aromatic nitrogens is 2. The van der Waals surface area contributed by atoms with E-state index in [1.807, 2.05) is 18.2 Å². The number of carbonyl (C=O) groups excluding carboxylic acids is 1. The zero-order valence-corrected chi connectivity index (χ0v) is 22.2. The summed E-state index contributed by atoms with van der Waals surface area (Å²) in [7, 11) is 0. The minimum absolute atomic E-state index is 0.137. The van der Waals surface area contributed by atoms with Gasteiger partial charge in [-0.15, -0.1) is 0 Å². The van der Waals surface area contributed by atoms with Crippen molar-refractivity contribution in [3.05, 3.63) is 58.1 Å². The lowest BCUT2D eigenvalue weighted by molar-refractivity contribution is -0.122. The first kappa shape index (κ1) is 26.4. The first-order chi connectivity index (χ1) is 17.2. The van der Waals surface area contributed by atoms with Crippen LogP contribution < -0.4 is 15.8 Å². The van der Waals surface area contributed by atoms with E-state index in [-0.39, 0.29) is 25.8 Å². The quantitative estimate of drug-likeness (QED) is 0.309. The van der Waals surface area contributed by atoms with Gasteiger partial charge in [0, 0.05) is 32.0 Å². The molecule has 1 aliphatic carbocycles. The number of carbonyl (C=O) groups is 1. The van der Waals surface area contributed by atoms with Gasteiger partial charge in [-0.3, -0.25) is 14.2 Å². The van der Waals surface area contributed by atoms with E-state index in [0.29, 0.717) is 30.4 Å². The highest BCUT2D eigenvalue weighted by atomic mass is 127. The fraction of sp³-hybridized carbons (Fsp3) is 0.500. The van der Waals surface area contributed by atoms with Gasteiger partial charge in [-0.05, 0) is 43.6 Å². The van der Waals surface area contributed by atoms with Crippen LogP contribution in [-0.2, 0) is 24.2 Å². The van der Waals surface area contributed by atoms with E-state index in [1.54, 1.807) is 0 Å². The van der Waals surface area contributed by atoms with Gasteiger partial charge in [-0.1, -0.05) is 55.6 Å². The van der Waals surface area contributed by atoms with Crippen molar-refractivity contribution >= 4 is 37.0 Å². The molecule has 0 bridgehead atoms. The van der Waals surface area contributed by atoms with Crippen molar-refractivity contribution in [1.82, 2.24) is 14.9 Å². The zero-order valence-electron chi connectivity index (χ0n) is 20.1. The fourth-order valence-corrected chi connectivity index (χ4v) is 5.33. The van der Waals surface area contributed by atoms with Crippen LogP contribution in [0.2, 0.25) is 0 Å². The standard InChI is InChI=1S/C26H30F2IN5O2/c1-29-26(27,28)10-5-8-21-31-22(33-13-9-20(16-33)14-19-6-3-2-4-7-19)15-24(36)34(21)17-23(35)32-25(18-30)11-12-25/h2-4,6-7,15,20H,1,5,8-14,16-17H2,(H,32,35). The van der Waals surface area contributed by atoms with Gasteiger partial charge >= 0.3 is 0 Å². The Morgan fingerprint density at radius 1 is 1.33 bits per heavy atom. The van der Waals surface area contributed by atoms with Crippen LogP contribution in [0.25, 0.3) is 0 Å². The highest BCUT2D eigenvalue weighted by Gasteiger charge is 2.44. The minimum atomic E-state index is -2.77. The van der Waals surface area contributed by atoms with Gasteiger partial charge in [-0.25, -0.2) is 4.98 Å². The van der Waals surface area contributed by atoms with Crippen LogP contribution in [0.3, 0.4) is 0 Å². The number of hydrogen-bond donors (Lipinski definition) is 1. The molecule has 1 saturated carbocycles. The van der Waals surface area contributed by atoms with Crippen LogP contribution in [0.15, 0.2) is 41.2 Å². The normalized spacial score (nSPS) is 18.6. The lowest BCUT2D eigenvalue weighted by Crippen LogP contribution is -2.41. The number of halogens is 3. The van der Waals surface area contributed by atoms with Crippen molar-refractivity contribution in [1.29, 1.82) is 5.26 Å². The third-order valence-corrected chi connectivity index (χ3v) is 8.41. The Labute approximate surface area is 219 Å². The number of alkyl halides is 3. The van der Waals surface area contributed by atoms with E-state index < -0.39 is 41.7 Å². The van der Waals surface area contributed by atoms with Crippen LogP contribution in [0.1, 0.15) is 43.5 Å². The molecule has 2 heterocycles. The first-order valence-corrected chi connectivity index (χ1v) is 14.7. The van der Waals surface area contributed by atoms with Gasteiger partial charge in [0.2, 0.25) is 5.91 Å². The van der Waals surface area contributed by atoms with Crippen LogP contribution in [0, 0.1) is 17.2 Å². The summed E-state index contributed by atoms with van der Waals surface area (Å²) in [6.07, 6.45) is 3.03. The van der Waals surface area contributed by atoms with Crippen molar-refractivity contribution in [3.8, 4) is 6.07 Å². The predicted molar refractivity (Wildman–Crippen MR) is 144 cm³/mol. The molecule has 1 aromatic carbocycles. The van der Waals surface area contributed by atoms with E-state index >= 15 is 0 Å². The fourth-order valence-electron chi connectivity index (χ4n) is 4.57. The summed E-state index contributed by atoms with van der Waals surface area (Å²) in [5, 5.41) is 11.9. The number of nitriles is 1. The van der Waals surface area contributed by atoms with Gasteiger partial charge in [0.05, 0.1) is 6.07 Å². The molecule has 1 aliphatic heterocycles. The number of amides is 1. The molecule has 1 amide bonds. The van der Waals surface area contributed by atoms with Crippen LogP contribution in [0.5, 0.6) is 0 Å². The molecule has 0 radical (unpaired) electrons. The molecule has 192 valence electrons. The summed E-state index contributed by atoms with van der Waals surface area (Å²) in [5.74, 6) is 0.810. The zero-order chi connectivity index (χ0) is 25.8. The second-order valence-corrected chi connectivity index (χ2v) is 11.9. The van der Waals surface area contributed by atoms with Crippen molar-refractivity contribution in [3.63, 3.8) is 0 Å². The second-order valence-electron chi connectivity index (χ2n) is 9.59. The predicted octanol–water partition coefficient (Wildman–Crippen LogP) is 3.80. The summed E-state index contributed by atoms with van der Waals surface area (Å²) >= 11 is -1.48. The van der Waals surface area contributed by atoms with Gasteiger partial charge in [0.15, 0.2) is 0 Å². The first-order valence-electron chi connectivity index (χ1n) is 12.1. The van der Waals surface area contributed by atoms with Gasteiger partial charge < -0.3 is 10.2 Å². The van der Waals surface area contributed by atoms with Crippen molar-refractivity contribution < 1.29 is 13.6 Å². The van der Waals surface area contributed by atoms with Gasteiger partial charge in [0.25, 0.3) is 9.49 Å². The molecule has 1 N–H and O–H groups in total. The highest BCUT2D eigenvalue weighted by Crippen LogP contribution is 2.34. The Balaban J connectivity index is 1.51. The molecule has 10 heteroatoms. The van der Waals surface area contributed by atoms with Crippen molar-refractivity contribution in [2.75, 3.05) is 18.0 Å². The van der Waals surface area contributed by atoms with Gasteiger partial charge in [0.1, 0.15) is 23.7 Å². The van der Waals surface area contributed by atoms with Crippen LogP contribution in [-0.4, -0.2) is 42.5 Å². The second kappa shape index (κ2) is 11.2. The lowest BCUT2D eigenvalue weighted by atomic mass is 9.99. The van der Waals surface area contributed by atoms with Crippen LogP contribution in [0.4, 0.5) is 14.6 Å².